The molecule has 33 heavy (non-hydrogen) atoms. The molecule has 1 atom stereocenters. The third kappa shape index (κ3) is 5.46. The first-order chi connectivity index (χ1) is 16.1. The van der Waals surface area contributed by atoms with Crippen molar-refractivity contribution in [3.63, 3.8) is 0 Å². The second-order valence-corrected chi connectivity index (χ2v) is 8.29. The van der Waals surface area contributed by atoms with E-state index in [0.717, 1.165) is 11.1 Å². The van der Waals surface area contributed by atoms with E-state index in [1.807, 2.05) is 42.5 Å². The van der Waals surface area contributed by atoms with Gasteiger partial charge in [0, 0.05) is 19.6 Å². The number of fused-ring (bicyclic) bond motifs is 1. The zero-order valence-electron chi connectivity index (χ0n) is 19.1. The number of rotatable bonds is 8. The van der Waals surface area contributed by atoms with Crippen LogP contribution in [-0.2, 0) is 30.7 Å². The molecule has 0 fully saturated rings. The Kier molecular flexibility index (Phi) is 7.15. The number of aromatic hydroxyl groups is 1. The van der Waals surface area contributed by atoms with E-state index in [-0.39, 0.29) is 17.7 Å². The second kappa shape index (κ2) is 10.4. The Morgan fingerprint density at radius 3 is 2.39 bits per heavy atom. The molecule has 3 aromatic carbocycles. The van der Waals surface area contributed by atoms with Crippen molar-refractivity contribution in [2.45, 2.75) is 32.0 Å². The van der Waals surface area contributed by atoms with Crippen LogP contribution >= 0.6 is 0 Å². The largest absolute Gasteiger partial charge is 0.508 e. The second-order valence-electron chi connectivity index (χ2n) is 8.29. The number of phenolic OH excluding ortho intramolecular Hbond substituents is 1. The van der Waals surface area contributed by atoms with Gasteiger partial charge in [-0.25, -0.2) is 0 Å². The molecule has 0 saturated heterocycles. The summed E-state index contributed by atoms with van der Waals surface area (Å²) in [6.45, 7) is 1.90. The van der Waals surface area contributed by atoms with E-state index in [9.17, 15) is 9.90 Å². The average molecular weight is 447 g/mol. The molecule has 1 amide bonds. The van der Waals surface area contributed by atoms with Crippen LogP contribution in [0, 0.1) is 0 Å². The van der Waals surface area contributed by atoms with E-state index < -0.39 is 0 Å². The normalized spacial score (nSPS) is 15.5. The quantitative estimate of drug-likeness (QED) is 0.552. The summed E-state index contributed by atoms with van der Waals surface area (Å²) in [6.07, 6.45) is 1.38. The third-order valence-electron chi connectivity index (χ3n) is 6.13. The molecule has 0 aromatic heterocycles. The number of benzene rings is 3. The van der Waals surface area contributed by atoms with Gasteiger partial charge in [0.15, 0.2) is 11.5 Å². The molecule has 1 heterocycles. The standard InChI is InChI=1S/C27H30N2O4/c1-32-25-12-9-19(15-26(25)33-2)13-14-28-27(31)24-16-21-5-3-4-6-22(21)18-29(24)17-20-7-10-23(30)11-8-20/h3-12,15,24,30H,13-14,16-18H2,1-2H3,(H,28,31). The van der Waals surface area contributed by atoms with E-state index >= 15 is 0 Å². The molecule has 4 rings (SSSR count). The van der Waals surface area contributed by atoms with Gasteiger partial charge >= 0.3 is 0 Å². The van der Waals surface area contributed by atoms with Gasteiger partial charge in [-0.15, -0.1) is 0 Å². The highest BCUT2D eigenvalue weighted by Crippen LogP contribution is 2.28. The van der Waals surface area contributed by atoms with Crippen LogP contribution in [0.25, 0.3) is 0 Å². The van der Waals surface area contributed by atoms with Crippen LogP contribution in [0.4, 0.5) is 0 Å². The molecule has 0 bridgehead atoms. The van der Waals surface area contributed by atoms with Gasteiger partial charge < -0.3 is 19.9 Å². The van der Waals surface area contributed by atoms with Gasteiger partial charge in [-0.3, -0.25) is 9.69 Å². The maximum Gasteiger partial charge on any atom is 0.237 e. The zero-order valence-corrected chi connectivity index (χ0v) is 19.1. The van der Waals surface area contributed by atoms with Gasteiger partial charge in [-0.2, -0.15) is 0 Å². The Labute approximate surface area is 194 Å². The molecule has 1 aliphatic heterocycles. The Morgan fingerprint density at radius 2 is 1.67 bits per heavy atom. The van der Waals surface area contributed by atoms with Crippen LogP contribution in [0.1, 0.15) is 22.3 Å². The molecule has 1 aliphatic rings. The fourth-order valence-electron chi connectivity index (χ4n) is 4.32. The summed E-state index contributed by atoms with van der Waals surface area (Å²) in [5.41, 5.74) is 4.61. The summed E-state index contributed by atoms with van der Waals surface area (Å²) >= 11 is 0. The third-order valence-corrected chi connectivity index (χ3v) is 6.13. The molecule has 172 valence electrons. The summed E-state index contributed by atoms with van der Waals surface area (Å²) in [4.78, 5) is 15.4. The predicted octanol–water partition coefficient (Wildman–Crippen LogP) is 3.70. The van der Waals surface area contributed by atoms with Gasteiger partial charge in [-0.05, 0) is 59.4 Å². The number of nitrogens with one attached hydrogen (secondary N) is 1. The number of methoxy groups -OCH3 is 2. The van der Waals surface area contributed by atoms with Gasteiger partial charge in [-0.1, -0.05) is 42.5 Å². The summed E-state index contributed by atoms with van der Waals surface area (Å²) in [5.74, 6) is 1.65. The lowest BCUT2D eigenvalue weighted by molar-refractivity contribution is -0.127. The van der Waals surface area contributed by atoms with Crippen molar-refractivity contribution in [1.82, 2.24) is 10.2 Å². The monoisotopic (exact) mass is 446 g/mol. The van der Waals surface area contributed by atoms with Crippen LogP contribution in [0.2, 0.25) is 0 Å². The van der Waals surface area contributed by atoms with Crippen molar-refractivity contribution in [3.8, 4) is 17.2 Å². The van der Waals surface area contributed by atoms with Gasteiger partial charge in [0.2, 0.25) is 5.91 Å². The van der Waals surface area contributed by atoms with Crippen LogP contribution in [0.5, 0.6) is 17.2 Å². The number of phenols is 1. The van der Waals surface area contributed by atoms with Crippen LogP contribution in [0.3, 0.4) is 0 Å². The van der Waals surface area contributed by atoms with Gasteiger partial charge in [0.25, 0.3) is 0 Å². The molecule has 2 N–H and O–H groups in total. The lowest BCUT2D eigenvalue weighted by Crippen LogP contribution is -2.50. The highest BCUT2D eigenvalue weighted by Gasteiger charge is 2.31. The zero-order chi connectivity index (χ0) is 23.2. The summed E-state index contributed by atoms with van der Waals surface area (Å²) in [5, 5.41) is 12.7. The molecular weight excluding hydrogens is 416 g/mol. The maximum atomic E-state index is 13.2. The molecular formula is C27H30N2O4. The maximum absolute atomic E-state index is 13.2. The summed E-state index contributed by atoms with van der Waals surface area (Å²) < 4.78 is 10.7. The Hall–Kier alpha value is -3.51. The minimum Gasteiger partial charge on any atom is -0.508 e. The molecule has 0 aliphatic carbocycles. The van der Waals surface area contributed by atoms with Crippen molar-refractivity contribution < 1.29 is 19.4 Å². The highest BCUT2D eigenvalue weighted by molar-refractivity contribution is 5.82. The number of hydrogen-bond acceptors (Lipinski definition) is 5. The number of carbonyl (C=O) groups excluding carboxylic acids is 1. The SMILES string of the molecule is COc1ccc(CCNC(=O)C2Cc3ccccc3CN2Cc2ccc(O)cc2)cc1OC. The number of ether oxygens (including phenoxy) is 2. The summed E-state index contributed by atoms with van der Waals surface area (Å²) in [6, 6.07) is 21.1. The highest BCUT2D eigenvalue weighted by atomic mass is 16.5. The Balaban J connectivity index is 1.43. The van der Waals surface area contributed by atoms with Crippen molar-refractivity contribution >= 4 is 5.91 Å². The van der Waals surface area contributed by atoms with E-state index in [1.54, 1.807) is 26.4 Å². The van der Waals surface area contributed by atoms with Gasteiger partial charge in [0.05, 0.1) is 20.3 Å². The fourth-order valence-corrected chi connectivity index (χ4v) is 4.32. The van der Waals surface area contributed by atoms with Crippen LogP contribution < -0.4 is 14.8 Å². The van der Waals surface area contributed by atoms with Crippen LogP contribution in [-0.4, -0.2) is 42.7 Å². The number of hydrogen-bond donors (Lipinski definition) is 2. The summed E-state index contributed by atoms with van der Waals surface area (Å²) in [7, 11) is 3.23. The van der Waals surface area contributed by atoms with Crippen molar-refractivity contribution in [2.75, 3.05) is 20.8 Å². The molecule has 6 heteroatoms. The first-order valence-corrected chi connectivity index (χ1v) is 11.1. The first-order valence-electron chi connectivity index (χ1n) is 11.1. The predicted molar refractivity (Wildman–Crippen MR) is 128 cm³/mol. The van der Waals surface area contributed by atoms with Crippen molar-refractivity contribution in [1.29, 1.82) is 0 Å². The van der Waals surface area contributed by atoms with Crippen LogP contribution in [0.15, 0.2) is 66.7 Å². The smallest absolute Gasteiger partial charge is 0.237 e. The minimum absolute atomic E-state index is 0.0313. The Bertz CT molecular complexity index is 1100. The number of carbonyl (C=O) groups is 1. The minimum atomic E-state index is -0.251. The molecule has 0 saturated carbocycles. The lowest BCUT2D eigenvalue weighted by atomic mass is 9.93. The molecule has 3 aromatic rings. The lowest BCUT2D eigenvalue weighted by Gasteiger charge is -2.36. The fraction of sp³-hybridized carbons (Fsp3) is 0.296. The molecule has 0 radical (unpaired) electrons. The topological polar surface area (TPSA) is 71.0 Å². The Morgan fingerprint density at radius 1 is 0.970 bits per heavy atom. The van der Waals surface area contributed by atoms with Crippen molar-refractivity contribution in [2.24, 2.45) is 0 Å². The van der Waals surface area contributed by atoms with E-state index in [1.165, 1.54) is 11.1 Å². The molecule has 6 nitrogen and oxygen atoms in total. The molecule has 0 spiro atoms. The van der Waals surface area contributed by atoms with E-state index in [0.29, 0.717) is 44.0 Å². The van der Waals surface area contributed by atoms with E-state index in [4.69, 9.17) is 9.47 Å². The average Bonchev–Trinajstić information content (AvgIpc) is 2.84. The van der Waals surface area contributed by atoms with Gasteiger partial charge in [0.1, 0.15) is 5.75 Å². The van der Waals surface area contributed by atoms with E-state index in [2.05, 4.69) is 22.3 Å². The molecule has 1 unspecified atom stereocenters. The first kappa shape index (κ1) is 22.7. The number of amides is 1. The number of nitrogens with zero attached hydrogens (tertiary/aromatic N) is 1. The van der Waals surface area contributed by atoms with Crippen molar-refractivity contribution in [3.05, 3.63) is 89.0 Å².